The Hall–Kier alpha value is -1.36. The van der Waals surface area contributed by atoms with E-state index in [9.17, 15) is 9.59 Å². The second kappa shape index (κ2) is 6.19. The first-order valence-electron chi connectivity index (χ1n) is 3.78. The van der Waals surface area contributed by atoms with Gasteiger partial charge in [0.1, 0.15) is 6.10 Å². The van der Waals surface area contributed by atoms with Crippen LogP contribution in [0.2, 0.25) is 0 Å². The Balaban J connectivity index is 3.80. The zero-order valence-corrected chi connectivity index (χ0v) is 7.27. The molecule has 0 aromatic heterocycles. The summed E-state index contributed by atoms with van der Waals surface area (Å²) in [5, 5.41) is 16.6. The number of hydrogen-bond donors (Lipinski definition) is 2. The van der Waals surface area contributed by atoms with E-state index in [-0.39, 0.29) is 6.61 Å². The van der Waals surface area contributed by atoms with E-state index < -0.39 is 18.0 Å². The van der Waals surface area contributed by atoms with E-state index in [1.165, 1.54) is 0 Å². The van der Waals surface area contributed by atoms with Gasteiger partial charge >= 0.3 is 11.9 Å². The second-order valence-corrected chi connectivity index (χ2v) is 2.43. The van der Waals surface area contributed by atoms with Crippen molar-refractivity contribution < 1.29 is 24.5 Å². The van der Waals surface area contributed by atoms with Gasteiger partial charge in [-0.25, -0.2) is 9.59 Å². The summed E-state index contributed by atoms with van der Waals surface area (Å²) in [4.78, 5) is 20.8. The van der Waals surface area contributed by atoms with Crippen molar-refractivity contribution in [2.75, 3.05) is 6.61 Å². The summed E-state index contributed by atoms with van der Waals surface area (Å²) in [7, 11) is 0. The molecule has 0 spiro atoms. The number of esters is 1. The summed E-state index contributed by atoms with van der Waals surface area (Å²) < 4.78 is 4.69. The Morgan fingerprint density at radius 2 is 2.08 bits per heavy atom. The molecule has 5 nitrogen and oxygen atoms in total. The van der Waals surface area contributed by atoms with Gasteiger partial charge in [-0.1, -0.05) is 0 Å². The lowest BCUT2D eigenvalue weighted by Gasteiger charge is -2.08. The first kappa shape index (κ1) is 11.6. The van der Waals surface area contributed by atoms with Gasteiger partial charge in [0, 0.05) is 25.2 Å². The highest BCUT2D eigenvalue weighted by Gasteiger charge is 2.05. The van der Waals surface area contributed by atoms with Gasteiger partial charge in [0.2, 0.25) is 0 Å². The molecule has 0 aliphatic heterocycles. The van der Waals surface area contributed by atoms with Crippen molar-refractivity contribution in [1.82, 2.24) is 0 Å². The lowest BCUT2D eigenvalue weighted by atomic mass is 10.3. The molecule has 1 unspecified atom stereocenters. The average Bonchev–Trinajstić information content (AvgIpc) is 2.01. The molecule has 0 saturated heterocycles. The van der Waals surface area contributed by atoms with Gasteiger partial charge in [-0.05, 0) is 6.92 Å². The first-order valence-corrected chi connectivity index (χ1v) is 3.78. The quantitative estimate of drug-likeness (QED) is 0.466. The van der Waals surface area contributed by atoms with Gasteiger partial charge in [-0.3, -0.25) is 0 Å². The lowest BCUT2D eigenvalue weighted by Crippen LogP contribution is -2.14. The number of aliphatic hydroxyl groups excluding tert-OH is 1. The Labute approximate surface area is 75.6 Å². The molecule has 0 saturated carbocycles. The van der Waals surface area contributed by atoms with Gasteiger partial charge in [-0.2, -0.15) is 0 Å². The third-order valence-corrected chi connectivity index (χ3v) is 1.21. The highest BCUT2D eigenvalue weighted by molar-refractivity contribution is 5.90. The zero-order chi connectivity index (χ0) is 10.3. The first-order chi connectivity index (χ1) is 6.06. The smallest absolute Gasteiger partial charge is 0.331 e. The standard InChI is InChI=1S/C8H12O5/c1-6(4-5-9)13-8(12)3-2-7(10)11/h2-3,6,9H,4-5H2,1H3,(H,10,11)/b3-2-. The molecule has 0 aromatic carbocycles. The Morgan fingerprint density at radius 1 is 1.46 bits per heavy atom. The summed E-state index contributed by atoms with van der Waals surface area (Å²) in [6.45, 7) is 1.54. The van der Waals surface area contributed by atoms with E-state index in [1.54, 1.807) is 6.92 Å². The van der Waals surface area contributed by atoms with Crippen LogP contribution in [0.1, 0.15) is 13.3 Å². The average molecular weight is 188 g/mol. The van der Waals surface area contributed by atoms with E-state index in [4.69, 9.17) is 14.9 Å². The van der Waals surface area contributed by atoms with E-state index in [0.29, 0.717) is 12.5 Å². The van der Waals surface area contributed by atoms with Gasteiger partial charge in [0.15, 0.2) is 0 Å². The molecule has 5 heteroatoms. The van der Waals surface area contributed by atoms with Crippen LogP contribution in [0.4, 0.5) is 0 Å². The number of carboxylic acids is 1. The van der Waals surface area contributed by atoms with E-state index >= 15 is 0 Å². The Morgan fingerprint density at radius 3 is 2.54 bits per heavy atom. The van der Waals surface area contributed by atoms with Crippen LogP contribution in [0.5, 0.6) is 0 Å². The number of carbonyl (C=O) groups excluding carboxylic acids is 1. The van der Waals surface area contributed by atoms with Crippen molar-refractivity contribution >= 4 is 11.9 Å². The summed E-state index contributed by atoms with van der Waals surface area (Å²) in [5.41, 5.74) is 0. The summed E-state index contributed by atoms with van der Waals surface area (Å²) in [6, 6.07) is 0. The van der Waals surface area contributed by atoms with Crippen molar-refractivity contribution in [3.8, 4) is 0 Å². The molecular formula is C8H12O5. The number of aliphatic carboxylic acids is 1. The van der Waals surface area contributed by atoms with Crippen molar-refractivity contribution in [3.05, 3.63) is 12.2 Å². The van der Waals surface area contributed by atoms with Crippen molar-refractivity contribution in [2.45, 2.75) is 19.4 Å². The molecule has 0 aliphatic carbocycles. The molecule has 0 rings (SSSR count). The van der Waals surface area contributed by atoms with Gasteiger partial charge < -0.3 is 14.9 Å². The summed E-state index contributed by atoms with van der Waals surface area (Å²) in [5.74, 6) is -1.92. The van der Waals surface area contributed by atoms with Crippen LogP contribution >= 0.6 is 0 Å². The fourth-order valence-corrected chi connectivity index (χ4v) is 0.618. The third kappa shape index (κ3) is 7.02. The van der Waals surface area contributed by atoms with Crippen LogP contribution in [0.15, 0.2) is 12.2 Å². The molecule has 0 fully saturated rings. The van der Waals surface area contributed by atoms with Crippen LogP contribution in [0.3, 0.4) is 0 Å². The van der Waals surface area contributed by atoms with Crippen molar-refractivity contribution in [3.63, 3.8) is 0 Å². The number of ether oxygens (including phenoxy) is 1. The number of rotatable bonds is 5. The van der Waals surface area contributed by atoms with Gasteiger partial charge in [0.05, 0.1) is 0 Å². The molecule has 13 heavy (non-hydrogen) atoms. The highest BCUT2D eigenvalue weighted by Crippen LogP contribution is 1.97. The predicted molar refractivity (Wildman–Crippen MR) is 44.0 cm³/mol. The third-order valence-electron chi connectivity index (χ3n) is 1.21. The molecule has 1 atom stereocenters. The van der Waals surface area contributed by atoms with Crippen LogP contribution in [0, 0.1) is 0 Å². The molecule has 0 radical (unpaired) electrons. The number of hydrogen-bond acceptors (Lipinski definition) is 4. The zero-order valence-electron chi connectivity index (χ0n) is 7.27. The van der Waals surface area contributed by atoms with E-state index in [0.717, 1.165) is 6.08 Å². The van der Waals surface area contributed by atoms with E-state index in [2.05, 4.69) is 0 Å². The monoisotopic (exact) mass is 188 g/mol. The van der Waals surface area contributed by atoms with E-state index in [1.807, 2.05) is 0 Å². The minimum atomic E-state index is -1.20. The van der Waals surface area contributed by atoms with Crippen LogP contribution in [0.25, 0.3) is 0 Å². The fraction of sp³-hybridized carbons (Fsp3) is 0.500. The van der Waals surface area contributed by atoms with Crippen LogP contribution in [-0.4, -0.2) is 34.9 Å². The largest absolute Gasteiger partial charge is 0.478 e. The van der Waals surface area contributed by atoms with Crippen LogP contribution in [-0.2, 0) is 14.3 Å². The Bertz CT molecular complexity index is 209. The van der Waals surface area contributed by atoms with Gasteiger partial charge in [0.25, 0.3) is 0 Å². The molecule has 74 valence electrons. The predicted octanol–water partition coefficient (Wildman–Crippen LogP) is -0.0587. The number of carbonyl (C=O) groups is 2. The van der Waals surface area contributed by atoms with Crippen molar-refractivity contribution in [2.24, 2.45) is 0 Å². The topological polar surface area (TPSA) is 83.8 Å². The number of carboxylic acid groups (broad SMARTS) is 1. The molecule has 0 bridgehead atoms. The maximum Gasteiger partial charge on any atom is 0.331 e. The molecule has 0 amide bonds. The highest BCUT2D eigenvalue weighted by atomic mass is 16.5. The second-order valence-electron chi connectivity index (χ2n) is 2.43. The molecule has 2 N–H and O–H groups in total. The normalized spacial score (nSPS) is 12.8. The minimum absolute atomic E-state index is 0.0723. The lowest BCUT2D eigenvalue weighted by molar-refractivity contribution is -0.143. The molecular weight excluding hydrogens is 176 g/mol. The maximum absolute atomic E-state index is 10.8. The molecule has 0 aromatic rings. The summed E-state index contributed by atoms with van der Waals surface area (Å²) in [6.07, 6.45) is 1.47. The number of aliphatic hydroxyl groups is 1. The Kier molecular flexibility index (Phi) is 5.54. The summed E-state index contributed by atoms with van der Waals surface area (Å²) >= 11 is 0. The van der Waals surface area contributed by atoms with Gasteiger partial charge in [-0.15, -0.1) is 0 Å². The SMILES string of the molecule is CC(CCO)OC(=O)/C=C\C(=O)O. The molecule has 0 heterocycles. The fourth-order valence-electron chi connectivity index (χ4n) is 0.618. The minimum Gasteiger partial charge on any atom is -0.478 e. The van der Waals surface area contributed by atoms with Crippen LogP contribution < -0.4 is 0 Å². The van der Waals surface area contributed by atoms with Crippen molar-refractivity contribution in [1.29, 1.82) is 0 Å². The molecule has 0 aliphatic rings. The maximum atomic E-state index is 10.8.